The number of ether oxygens (including phenoxy) is 2. The second-order valence-electron chi connectivity index (χ2n) is 8.05. The molecule has 4 amide bonds. The average Bonchev–Trinajstić information content (AvgIpc) is 3.44. The number of carbonyl (C=O) groups excluding carboxylic acids is 5. The van der Waals surface area contributed by atoms with Crippen molar-refractivity contribution in [3.63, 3.8) is 0 Å². The summed E-state index contributed by atoms with van der Waals surface area (Å²) >= 11 is 0. The summed E-state index contributed by atoms with van der Waals surface area (Å²) in [5, 5.41) is 5.07. The third-order valence-corrected chi connectivity index (χ3v) is 5.99. The highest BCUT2D eigenvalue weighted by molar-refractivity contribution is 6.05. The molecule has 1 saturated heterocycles. The summed E-state index contributed by atoms with van der Waals surface area (Å²) in [6.45, 7) is 1.25. The lowest BCUT2D eigenvalue weighted by Crippen LogP contribution is -2.47. The van der Waals surface area contributed by atoms with E-state index in [4.69, 9.17) is 13.9 Å². The van der Waals surface area contributed by atoms with Crippen molar-refractivity contribution < 1.29 is 37.9 Å². The molecular weight excluding hydrogens is 446 g/mol. The highest BCUT2D eigenvalue weighted by Gasteiger charge is 2.47. The zero-order valence-electron chi connectivity index (χ0n) is 18.6. The number of furan rings is 1. The van der Waals surface area contributed by atoms with Gasteiger partial charge in [-0.3, -0.25) is 19.3 Å². The maximum Gasteiger partial charge on any atom is 0.338 e. The van der Waals surface area contributed by atoms with Gasteiger partial charge in [0.2, 0.25) is 11.8 Å². The summed E-state index contributed by atoms with van der Waals surface area (Å²) in [5.41, 5.74) is 0.105. The molecule has 1 aromatic rings. The molecule has 3 heterocycles. The summed E-state index contributed by atoms with van der Waals surface area (Å²) in [6.07, 6.45) is 6.01. The van der Waals surface area contributed by atoms with Crippen molar-refractivity contribution in [2.75, 3.05) is 19.8 Å². The van der Waals surface area contributed by atoms with Crippen molar-refractivity contribution in [2.45, 2.75) is 32.2 Å². The van der Waals surface area contributed by atoms with E-state index in [1.165, 1.54) is 6.26 Å². The third-order valence-electron chi connectivity index (χ3n) is 5.99. The van der Waals surface area contributed by atoms with E-state index in [-0.39, 0.29) is 54.5 Å². The summed E-state index contributed by atoms with van der Waals surface area (Å²) < 4.78 is 15.7. The first-order valence-electron chi connectivity index (χ1n) is 11.1. The van der Waals surface area contributed by atoms with Crippen LogP contribution in [0.25, 0.3) is 0 Å². The first-order valence-corrected chi connectivity index (χ1v) is 11.1. The molecule has 0 unspecified atom stereocenters. The van der Waals surface area contributed by atoms with Crippen LogP contribution in [0.15, 0.2) is 46.2 Å². The Balaban J connectivity index is 1.42. The fourth-order valence-electron chi connectivity index (χ4n) is 4.37. The van der Waals surface area contributed by atoms with Crippen LogP contribution in [0.3, 0.4) is 0 Å². The van der Waals surface area contributed by atoms with E-state index in [2.05, 4.69) is 10.6 Å². The standard InChI is InChI=1S/C23H25N3O8/c1-2-32-22(30)18-15(24-23(31)25-19(18)16-8-5-11-33-16)12-34-17(27)9-10-26-20(28)13-6-3-4-7-14(13)21(26)29/h3-5,8,11,13-14,19H,2,6-7,9-10,12H2,1H3,(H2,24,25,31)/t13-,14+,19-/m0/s1. The van der Waals surface area contributed by atoms with Gasteiger partial charge in [-0.25, -0.2) is 9.59 Å². The van der Waals surface area contributed by atoms with E-state index >= 15 is 0 Å². The topological polar surface area (TPSA) is 144 Å². The van der Waals surface area contributed by atoms with Crippen LogP contribution in [0.2, 0.25) is 0 Å². The maximum atomic E-state index is 12.6. The molecule has 3 atom stereocenters. The Hall–Kier alpha value is -3.89. The van der Waals surface area contributed by atoms with Gasteiger partial charge in [0.1, 0.15) is 18.4 Å². The van der Waals surface area contributed by atoms with E-state index in [0.717, 1.165) is 4.90 Å². The summed E-state index contributed by atoms with van der Waals surface area (Å²) in [6, 6.07) is 1.67. The summed E-state index contributed by atoms with van der Waals surface area (Å²) in [4.78, 5) is 63.4. The monoisotopic (exact) mass is 471 g/mol. The van der Waals surface area contributed by atoms with Gasteiger partial charge in [-0.2, -0.15) is 0 Å². The molecule has 2 aliphatic heterocycles. The zero-order valence-corrected chi connectivity index (χ0v) is 18.6. The van der Waals surface area contributed by atoms with Crippen molar-refractivity contribution in [3.8, 4) is 0 Å². The van der Waals surface area contributed by atoms with Crippen LogP contribution in [-0.4, -0.2) is 54.4 Å². The number of fused-ring (bicyclic) bond motifs is 1. The Morgan fingerprint density at radius 3 is 2.44 bits per heavy atom. The van der Waals surface area contributed by atoms with Crippen molar-refractivity contribution in [3.05, 3.63) is 47.6 Å². The molecule has 0 spiro atoms. The van der Waals surface area contributed by atoms with E-state index in [1.807, 2.05) is 12.2 Å². The quantitative estimate of drug-likeness (QED) is 0.328. The lowest BCUT2D eigenvalue weighted by molar-refractivity contribution is -0.146. The smallest absolute Gasteiger partial charge is 0.338 e. The zero-order chi connectivity index (χ0) is 24.2. The number of nitrogens with one attached hydrogen (secondary N) is 2. The number of hydrogen-bond acceptors (Lipinski definition) is 8. The van der Waals surface area contributed by atoms with E-state index in [1.54, 1.807) is 19.1 Å². The van der Waals surface area contributed by atoms with Gasteiger partial charge in [0, 0.05) is 6.54 Å². The maximum absolute atomic E-state index is 12.6. The van der Waals surface area contributed by atoms with Gasteiger partial charge in [-0.1, -0.05) is 12.2 Å². The number of hydrogen-bond donors (Lipinski definition) is 2. The molecule has 4 rings (SSSR count). The lowest BCUT2D eigenvalue weighted by Gasteiger charge is -2.27. The van der Waals surface area contributed by atoms with Crippen LogP contribution < -0.4 is 10.6 Å². The average molecular weight is 471 g/mol. The van der Waals surface area contributed by atoms with Gasteiger partial charge in [-0.05, 0) is 31.9 Å². The largest absolute Gasteiger partial charge is 0.467 e. The molecule has 1 aliphatic carbocycles. The van der Waals surface area contributed by atoms with Gasteiger partial charge in [0.25, 0.3) is 0 Å². The number of imide groups is 1. The number of esters is 2. The number of urea groups is 1. The predicted octanol–water partition coefficient (Wildman–Crippen LogP) is 1.34. The molecule has 0 aromatic carbocycles. The Morgan fingerprint density at radius 2 is 1.82 bits per heavy atom. The van der Waals surface area contributed by atoms with Crippen molar-refractivity contribution in [1.29, 1.82) is 0 Å². The summed E-state index contributed by atoms with van der Waals surface area (Å²) in [7, 11) is 0. The molecule has 180 valence electrons. The number of amides is 4. The number of carbonyl (C=O) groups is 5. The number of nitrogens with zero attached hydrogens (tertiary/aromatic N) is 1. The number of allylic oxidation sites excluding steroid dienone is 2. The fourth-order valence-corrected chi connectivity index (χ4v) is 4.37. The van der Waals surface area contributed by atoms with Crippen LogP contribution in [-0.2, 0) is 28.7 Å². The minimum Gasteiger partial charge on any atom is -0.467 e. The Kier molecular flexibility index (Phi) is 6.80. The van der Waals surface area contributed by atoms with Crippen molar-refractivity contribution in [1.82, 2.24) is 15.5 Å². The minimum atomic E-state index is -0.923. The number of likely N-dealkylation sites (tertiary alicyclic amines) is 1. The van der Waals surface area contributed by atoms with Gasteiger partial charge < -0.3 is 24.5 Å². The predicted molar refractivity (Wildman–Crippen MR) is 114 cm³/mol. The molecular formula is C23H25N3O8. The first kappa shape index (κ1) is 23.3. The highest BCUT2D eigenvalue weighted by atomic mass is 16.5. The molecule has 1 fully saturated rings. The van der Waals surface area contributed by atoms with Crippen LogP contribution in [0, 0.1) is 11.8 Å². The Morgan fingerprint density at radius 1 is 1.12 bits per heavy atom. The fraction of sp³-hybridized carbons (Fsp3) is 0.435. The molecule has 1 aromatic heterocycles. The SMILES string of the molecule is CCOC(=O)C1=C(COC(=O)CCN2C(=O)[C@H]3CC=CC[C@H]3C2=O)NC(=O)N[C@H]1c1ccco1. The second kappa shape index (κ2) is 9.94. The third kappa shape index (κ3) is 4.59. The highest BCUT2D eigenvalue weighted by Crippen LogP contribution is 2.35. The van der Waals surface area contributed by atoms with E-state index in [0.29, 0.717) is 18.6 Å². The van der Waals surface area contributed by atoms with E-state index < -0.39 is 30.6 Å². The van der Waals surface area contributed by atoms with Crippen molar-refractivity contribution >= 4 is 29.8 Å². The Labute approximate surface area is 195 Å². The lowest BCUT2D eigenvalue weighted by atomic mass is 9.85. The minimum absolute atomic E-state index is 0.0469. The van der Waals surface area contributed by atoms with Gasteiger partial charge >= 0.3 is 18.0 Å². The first-order chi connectivity index (χ1) is 16.4. The van der Waals surface area contributed by atoms with Crippen molar-refractivity contribution in [2.24, 2.45) is 11.8 Å². The van der Waals surface area contributed by atoms with Gasteiger partial charge in [0.15, 0.2) is 0 Å². The molecule has 0 saturated carbocycles. The van der Waals surface area contributed by atoms with Gasteiger partial charge in [0.05, 0.1) is 42.4 Å². The van der Waals surface area contributed by atoms with Gasteiger partial charge in [-0.15, -0.1) is 0 Å². The number of rotatable bonds is 8. The molecule has 0 bridgehead atoms. The molecule has 34 heavy (non-hydrogen) atoms. The molecule has 0 radical (unpaired) electrons. The molecule has 2 N–H and O–H groups in total. The normalized spacial score (nSPS) is 24.0. The molecule has 11 heteroatoms. The van der Waals surface area contributed by atoms with Crippen LogP contribution in [0.1, 0.15) is 38.0 Å². The van der Waals surface area contributed by atoms with Crippen LogP contribution in [0.5, 0.6) is 0 Å². The molecule has 3 aliphatic rings. The molecule has 11 nitrogen and oxygen atoms in total. The summed E-state index contributed by atoms with van der Waals surface area (Å²) in [5.74, 6) is -2.36. The van der Waals surface area contributed by atoms with Crippen LogP contribution in [0.4, 0.5) is 4.79 Å². The Bertz CT molecular complexity index is 1030. The second-order valence-corrected chi connectivity index (χ2v) is 8.05. The van der Waals surface area contributed by atoms with Crippen LogP contribution >= 0.6 is 0 Å². The van der Waals surface area contributed by atoms with E-state index in [9.17, 15) is 24.0 Å².